The van der Waals surface area contributed by atoms with Crippen LogP contribution in [0.1, 0.15) is 25.5 Å². The summed E-state index contributed by atoms with van der Waals surface area (Å²) in [4.78, 5) is 12.8. The molecule has 2 aromatic heterocycles. The van der Waals surface area contributed by atoms with Crippen LogP contribution in [0, 0.1) is 0 Å². The van der Waals surface area contributed by atoms with Crippen LogP contribution in [0.25, 0.3) is 11.2 Å². The van der Waals surface area contributed by atoms with E-state index in [2.05, 4.69) is 20.3 Å². The number of aliphatic hydroxyl groups excluding tert-OH is 3. The summed E-state index contributed by atoms with van der Waals surface area (Å²) in [5.74, 6) is 0.597. The molecule has 4 N–H and O–H groups in total. The van der Waals surface area contributed by atoms with Crippen LogP contribution in [0.5, 0.6) is 0 Å². The molecule has 0 spiro atoms. The highest BCUT2D eigenvalue weighted by Gasteiger charge is 2.44. The van der Waals surface area contributed by atoms with Gasteiger partial charge in [-0.3, -0.25) is 4.57 Å². The zero-order valence-corrected chi connectivity index (χ0v) is 14.1. The molecule has 4 rings (SSSR count). The van der Waals surface area contributed by atoms with Gasteiger partial charge in [0.05, 0.1) is 24.4 Å². The molecule has 0 radical (unpaired) electrons. The molecule has 6 atom stereocenters. The summed E-state index contributed by atoms with van der Waals surface area (Å²) in [6.07, 6.45) is 1.36. The fourth-order valence-electron chi connectivity index (χ4n) is 3.51. The number of aliphatic hydroxyl groups is 3. The molecular weight excluding hydrogens is 350 g/mol. The van der Waals surface area contributed by atoms with E-state index in [1.165, 1.54) is 12.7 Å². The first-order chi connectivity index (χ1) is 12.1. The number of anilines is 1. The largest absolute Gasteiger partial charge is 0.391 e. The highest BCUT2D eigenvalue weighted by molar-refractivity contribution is 6.18. The summed E-state index contributed by atoms with van der Waals surface area (Å²) in [6.45, 7) is 0. The smallest absolute Gasteiger partial charge is 0.167 e. The third-order valence-corrected chi connectivity index (χ3v) is 5.23. The van der Waals surface area contributed by atoms with Crippen molar-refractivity contribution in [2.45, 2.75) is 55.9 Å². The highest BCUT2D eigenvalue weighted by Crippen LogP contribution is 2.33. The molecule has 25 heavy (non-hydrogen) atoms. The van der Waals surface area contributed by atoms with Gasteiger partial charge in [0, 0.05) is 0 Å². The van der Waals surface area contributed by atoms with Gasteiger partial charge < -0.3 is 25.4 Å². The Kier molecular flexibility index (Phi) is 4.50. The van der Waals surface area contributed by atoms with E-state index in [-0.39, 0.29) is 11.9 Å². The van der Waals surface area contributed by atoms with E-state index in [4.69, 9.17) is 16.3 Å². The zero-order valence-electron chi connectivity index (χ0n) is 13.4. The Morgan fingerprint density at radius 3 is 2.72 bits per heavy atom. The van der Waals surface area contributed by atoms with Gasteiger partial charge in [0.2, 0.25) is 0 Å². The van der Waals surface area contributed by atoms with Crippen LogP contribution in [0.4, 0.5) is 5.82 Å². The SMILES string of the molecule is O[C@@H]1[C@H](O)[C@@H](n2cnc3c(N[C@@H]4CCC[C@H]4O)ncnc32)O[C@H]1CCl. The van der Waals surface area contributed by atoms with E-state index >= 15 is 0 Å². The Hall–Kier alpha value is -1.52. The minimum absolute atomic E-state index is 0.0704. The molecule has 0 unspecified atom stereocenters. The summed E-state index contributed by atoms with van der Waals surface area (Å²) in [5.41, 5.74) is 0.984. The predicted molar refractivity (Wildman–Crippen MR) is 89.2 cm³/mol. The summed E-state index contributed by atoms with van der Waals surface area (Å²) in [6, 6.07) is -0.0704. The number of ether oxygens (including phenoxy) is 1. The summed E-state index contributed by atoms with van der Waals surface area (Å²) < 4.78 is 7.21. The number of halogens is 1. The number of aromatic nitrogens is 4. The number of hydrogen-bond donors (Lipinski definition) is 4. The van der Waals surface area contributed by atoms with Crippen molar-refractivity contribution in [1.29, 1.82) is 0 Å². The van der Waals surface area contributed by atoms with E-state index in [0.29, 0.717) is 17.0 Å². The van der Waals surface area contributed by atoms with Gasteiger partial charge in [0.15, 0.2) is 23.2 Å². The van der Waals surface area contributed by atoms with Crippen LogP contribution in [0.15, 0.2) is 12.7 Å². The van der Waals surface area contributed by atoms with Gasteiger partial charge >= 0.3 is 0 Å². The lowest BCUT2D eigenvalue weighted by Crippen LogP contribution is -2.32. The standard InChI is InChI=1S/C15H20ClN5O4/c16-4-9-11(23)12(24)15(25-9)21-6-19-10-13(17-5-18-14(10)21)20-7-2-1-3-8(7)22/h5-9,11-12,15,22-24H,1-4H2,(H,17,18,20)/t7-,8-,9+,11+,12+,15+/m1/s1. The monoisotopic (exact) mass is 369 g/mol. The molecule has 2 fully saturated rings. The molecule has 0 bridgehead atoms. The number of nitrogens with one attached hydrogen (secondary N) is 1. The van der Waals surface area contributed by atoms with E-state index in [9.17, 15) is 15.3 Å². The molecule has 1 aliphatic carbocycles. The van der Waals surface area contributed by atoms with E-state index in [1.54, 1.807) is 4.57 Å². The molecule has 1 saturated heterocycles. The van der Waals surface area contributed by atoms with Gasteiger partial charge in [-0.2, -0.15) is 0 Å². The molecule has 1 saturated carbocycles. The van der Waals surface area contributed by atoms with E-state index in [1.807, 2.05) is 0 Å². The second-order valence-corrected chi connectivity index (χ2v) is 6.80. The van der Waals surface area contributed by atoms with Crippen LogP contribution in [-0.2, 0) is 4.74 Å². The minimum Gasteiger partial charge on any atom is -0.391 e. The van der Waals surface area contributed by atoms with Crippen molar-refractivity contribution < 1.29 is 20.1 Å². The summed E-state index contributed by atoms with van der Waals surface area (Å²) >= 11 is 5.77. The third-order valence-electron chi connectivity index (χ3n) is 4.92. The topological polar surface area (TPSA) is 126 Å². The maximum atomic E-state index is 10.2. The molecule has 2 aromatic rings. The summed E-state index contributed by atoms with van der Waals surface area (Å²) in [7, 11) is 0. The number of alkyl halides is 1. The molecule has 2 aliphatic rings. The Bertz CT molecular complexity index is 759. The normalized spacial score (nSPS) is 35.5. The van der Waals surface area contributed by atoms with Crippen molar-refractivity contribution >= 4 is 28.6 Å². The van der Waals surface area contributed by atoms with Crippen molar-refractivity contribution in [3.8, 4) is 0 Å². The first-order valence-electron chi connectivity index (χ1n) is 8.30. The molecule has 3 heterocycles. The first-order valence-corrected chi connectivity index (χ1v) is 8.83. The van der Waals surface area contributed by atoms with Crippen molar-refractivity contribution in [3.05, 3.63) is 12.7 Å². The number of fused-ring (bicyclic) bond motifs is 1. The molecule has 136 valence electrons. The second-order valence-electron chi connectivity index (χ2n) is 6.50. The quantitative estimate of drug-likeness (QED) is 0.555. The van der Waals surface area contributed by atoms with Gasteiger partial charge in [-0.1, -0.05) is 0 Å². The fourth-order valence-corrected chi connectivity index (χ4v) is 3.77. The molecule has 0 amide bonds. The molecular formula is C15H20ClN5O4. The lowest BCUT2D eigenvalue weighted by atomic mass is 10.1. The number of rotatable bonds is 4. The Morgan fingerprint density at radius 1 is 1.20 bits per heavy atom. The van der Waals surface area contributed by atoms with Crippen molar-refractivity contribution in [2.24, 2.45) is 0 Å². The first kappa shape index (κ1) is 16.9. The van der Waals surface area contributed by atoms with Gasteiger partial charge in [-0.15, -0.1) is 11.6 Å². The predicted octanol–water partition coefficient (Wildman–Crippen LogP) is 0.00960. The van der Waals surface area contributed by atoms with Gasteiger partial charge in [0.1, 0.15) is 24.6 Å². The lowest BCUT2D eigenvalue weighted by molar-refractivity contribution is -0.0291. The fraction of sp³-hybridized carbons (Fsp3) is 0.667. The van der Waals surface area contributed by atoms with Crippen molar-refractivity contribution in [3.63, 3.8) is 0 Å². The maximum absolute atomic E-state index is 10.2. The van der Waals surface area contributed by atoms with Crippen LogP contribution < -0.4 is 5.32 Å². The Morgan fingerprint density at radius 2 is 2.04 bits per heavy atom. The van der Waals surface area contributed by atoms with Crippen LogP contribution in [0.3, 0.4) is 0 Å². The Balaban J connectivity index is 1.65. The number of nitrogens with zero attached hydrogens (tertiary/aromatic N) is 4. The lowest BCUT2D eigenvalue weighted by Gasteiger charge is -2.18. The minimum atomic E-state index is -1.14. The Labute approximate surface area is 148 Å². The molecule has 0 aromatic carbocycles. The second kappa shape index (κ2) is 6.65. The van der Waals surface area contributed by atoms with Gasteiger partial charge in [-0.25, -0.2) is 15.0 Å². The molecule has 1 aliphatic heterocycles. The van der Waals surface area contributed by atoms with Crippen molar-refractivity contribution in [2.75, 3.05) is 11.2 Å². The zero-order chi connectivity index (χ0) is 17.6. The number of hydrogen-bond acceptors (Lipinski definition) is 8. The van der Waals surface area contributed by atoms with Crippen LogP contribution in [0.2, 0.25) is 0 Å². The average Bonchev–Trinajstić information content (AvgIpc) is 3.29. The van der Waals surface area contributed by atoms with Gasteiger partial charge in [-0.05, 0) is 19.3 Å². The van der Waals surface area contributed by atoms with Crippen LogP contribution >= 0.6 is 11.6 Å². The number of imidazole rings is 1. The van der Waals surface area contributed by atoms with Crippen molar-refractivity contribution in [1.82, 2.24) is 19.5 Å². The third kappa shape index (κ3) is 2.85. The van der Waals surface area contributed by atoms with E-state index in [0.717, 1.165) is 19.3 Å². The molecule has 10 heteroatoms. The molecule has 9 nitrogen and oxygen atoms in total. The summed E-state index contributed by atoms with van der Waals surface area (Å²) in [5, 5.41) is 33.5. The maximum Gasteiger partial charge on any atom is 0.167 e. The van der Waals surface area contributed by atoms with E-state index < -0.39 is 30.6 Å². The van der Waals surface area contributed by atoms with Crippen LogP contribution in [-0.4, -0.2) is 71.2 Å². The average molecular weight is 370 g/mol. The highest BCUT2D eigenvalue weighted by atomic mass is 35.5. The van der Waals surface area contributed by atoms with Gasteiger partial charge in [0.25, 0.3) is 0 Å².